The fourth-order valence-electron chi connectivity index (χ4n) is 1.67. The van der Waals surface area contributed by atoms with Crippen LogP contribution in [0.1, 0.15) is 18.7 Å². The van der Waals surface area contributed by atoms with E-state index in [0.717, 1.165) is 18.4 Å². The number of rotatable bonds is 4. The molecule has 1 aliphatic rings. The zero-order valence-corrected chi connectivity index (χ0v) is 8.67. The third-order valence-corrected chi connectivity index (χ3v) is 2.80. The monoisotopic (exact) mass is 220 g/mol. The highest BCUT2D eigenvalue weighted by molar-refractivity contribution is 5.51. The predicted octanol–water partition coefficient (Wildman–Crippen LogP) is 1.64. The van der Waals surface area contributed by atoms with Gasteiger partial charge in [-0.25, -0.2) is 0 Å². The number of hydrogen-bond donors (Lipinski definition) is 1. The summed E-state index contributed by atoms with van der Waals surface area (Å²) in [5.41, 5.74) is 0.788. The van der Waals surface area contributed by atoms with Crippen molar-refractivity contribution in [1.29, 1.82) is 0 Å². The fourth-order valence-corrected chi connectivity index (χ4v) is 1.67. The van der Waals surface area contributed by atoms with Gasteiger partial charge in [-0.15, -0.1) is 0 Å². The van der Waals surface area contributed by atoms with E-state index >= 15 is 0 Å². The normalized spacial score (nSPS) is 17.6. The fraction of sp³-hybridized carbons (Fsp3) is 0.455. The summed E-state index contributed by atoms with van der Waals surface area (Å²) < 4.78 is 10.0. The highest BCUT2D eigenvalue weighted by Gasteiger charge is 2.31. The van der Waals surface area contributed by atoms with Crippen molar-refractivity contribution in [2.45, 2.75) is 25.4 Å². The molecule has 1 atom stereocenters. The second-order valence-electron chi connectivity index (χ2n) is 4.13. The van der Waals surface area contributed by atoms with Crippen molar-refractivity contribution in [1.82, 2.24) is 10.1 Å². The van der Waals surface area contributed by atoms with Gasteiger partial charge in [-0.3, -0.25) is 0 Å². The number of aromatic nitrogens is 2. The quantitative estimate of drug-likeness (QED) is 0.848. The van der Waals surface area contributed by atoms with Gasteiger partial charge in [-0.1, -0.05) is 5.16 Å². The molecule has 0 amide bonds. The molecule has 1 N–H and O–H groups in total. The molecule has 0 radical (unpaired) electrons. The lowest BCUT2D eigenvalue weighted by Crippen LogP contribution is -2.12. The summed E-state index contributed by atoms with van der Waals surface area (Å²) in [6, 6.07) is 1.77. The summed E-state index contributed by atoms with van der Waals surface area (Å²) in [7, 11) is 0. The molecule has 0 aliphatic heterocycles. The third-order valence-electron chi connectivity index (χ3n) is 2.80. The van der Waals surface area contributed by atoms with Gasteiger partial charge in [0.2, 0.25) is 11.7 Å². The highest BCUT2D eigenvalue weighted by atomic mass is 16.5. The molecule has 1 unspecified atom stereocenters. The van der Waals surface area contributed by atoms with Crippen molar-refractivity contribution in [2.24, 2.45) is 5.92 Å². The van der Waals surface area contributed by atoms with E-state index in [-0.39, 0.29) is 6.10 Å². The first kappa shape index (κ1) is 9.59. The van der Waals surface area contributed by atoms with Crippen LogP contribution in [0, 0.1) is 5.92 Å². The van der Waals surface area contributed by atoms with Gasteiger partial charge in [0.05, 0.1) is 24.4 Å². The first-order valence-electron chi connectivity index (χ1n) is 5.36. The van der Waals surface area contributed by atoms with Crippen molar-refractivity contribution in [2.75, 3.05) is 0 Å². The zero-order valence-electron chi connectivity index (χ0n) is 8.67. The molecule has 1 aliphatic carbocycles. The molecule has 0 aromatic carbocycles. The Bertz CT molecular complexity index is 459. The number of hydrogen-bond acceptors (Lipinski definition) is 5. The maximum Gasteiger partial charge on any atom is 0.229 e. The van der Waals surface area contributed by atoms with E-state index in [1.54, 1.807) is 18.6 Å². The average Bonchev–Trinajstić information content (AvgIpc) is 2.80. The number of aliphatic hydroxyl groups is 1. The first-order valence-corrected chi connectivity index (χ1v) is 5.36. The minimum atomic E-state index is -0.349. The number of aliphatic hydroxyl groups excluding tert-OH is 1. The molecular weight excluding hydrogens is 208 g/mol. The molecular formula is C11H12N2O3. The lowest BCUT2D eigenvalue weighted by molar-refractivity contribution is 0.140. The van der Waals surface area contributed by atoms with Crippen molar-refractivity contribution in [3.63, 3.8) is 0 Å². The Balaban J connectivity index is 1.72. The summed E-state index contributed by atoms with van der Waals surface area (Å²) in [5, 5.41) is 13.6. The smallest absolute Gasteiger partial charge is 0.229 e. The highest BCUT2D eigenvalue weighted by Crippen LogP contribution is 2.33. The van der Waals surface area contributed by atoms with Crippen molar-refractivity contribution < 1.29 is 14.0 Å². The second-order valence-corrected chi connectivity index (χ2v) is 4.13. The van der Waals surface area contributed by atoms with Gasteiger partial charge < -0.3 is 14.0 Å². The Kier molecular flexibility index (Phi) is 2.25. The lowest BCUT2D eigenvalue weighted by Gasteiger charge is -2.03. The van der Waals surface area contributed by atoms with Gasteiger partial charge in [0.25, 0.3) is 0 Å². The SMILES string of the molecule is OC(Cc1nc(-c2ccoc2)no1)C1CC1. The summed E-state index contributed by atoms with van der Waals surface area (Å²) in [5.74, 6) is 1.41. The van der Waals surface area contributed by atoms with Gasteiger partial charge in [0.15, 0.2) is 0 Å². The summed E-state index contributed by atoms with van der Waals surface area (Å²) in [6.45, 7) is 0. The molecule has 16 heavy (non-hydrogen) atoms. The lowest BCUT2D eigenvalue weighted by atomic mass is 10.2. The van der Waals surface area contributed by atoms with Crippen LogP contribution in [0.5, 0.6) is 0 Å². The third kappa shape index (κ3) is 1.86. The van der Waals surface area contributed by atoms with E-state index in [1.165, 1.54) is 0 Å². The Morgan fingerprint density at radius 2 is 2.38 bits per heavy atom. The van der Waals surface area contributed by atoms with Crippen LogP contribution >= 0.6 is 0 Å². The van der Waals surface area contributed by atoms with Crippen molar-refractivity contribution in [3.05, 3.63) is 24.5 Å². The minimum Gasteiger partial charge on any atom is -0.472 e. The summed E-state index contributed by atoms with van der Waals surface area (Å²) >= 11 is 0. The van der Waals surface area contributed by atoms with Crippen LogP contribution in [-0.2, 0) is 6.42 Å². The van der Waals surface area contributed by atoms with Gasteiger partial charge >= 0.3 is 0 Å². The molecule has 3 rings (SSSR count). The molecule has 2 aromatic rings. The molecule has 0 saturated heterocycles. The van der Waals surface area contributed by atoms with Gasteiger partial charge in [-0.2, -0.15) is 4.98 Å². The van der Waals surface area contributed by atoms with E-state index in [4.69, 9.17) is 8.94 Å². The molecule has 84 valence electrons. The Morgan fingerprint density at radius 3 is 3.06 bits per heavy atom. The van der Waals surface area contributed by atoms with Crippen LogP contribution in [0.2, 0.25) is 0 Å². The number of furan rings is 1. The molecule has 2 heterocycles. The van der Waals surface area contributed by atoms with Crippen LogP contribution < -0.4 is 0 Å². The average molecular weight is 220 g/mol. The van der Waals surface area contributed by atoms with Crippen LogP contribution in [0.3, 0.4) is 0 Å². The van der Waals surface area contributed by atoms with Gasteiger partial charge in [0.1, 0.15) is 6.26 Å². The Morgan fingerprint density at radius 1 is 1.50 bits per heavy atom. The Hall–Kier alpha value is -1.62. The van der Waals surface area contributed by atoms with Gasteiger partial charge in [-0.05, 0) is 24.8 Å². The molecule has 0 bridgehead atoms. The minimum absolute atomic E-state index is 0.349. The van der Waals surface area contributed by atoms with Crippen molar-refractivity contribution in [3.8, 4) is 11.4 Å². The van der Waals surface area contributed by atoms with Crippen LogP contribution in [0.4, 0.5) is 0 Å². The van der Waals surface area contributed by atoms with Crippen molar-refractivity contribution >= 4 is 0 Å². The Labute approximate surface area is 92.1 Å². The molecule has 2 aromatic heterocycles. The van der Waals surface area contributed by atoms with E-state index < -0.39 is 0 Å². The zero-order chi connectivity index (χ0) is 11.0. The van der Waals surface area contributed by atoms with E-state index in [0.29, 0.717) is 24.1 Å². The number of nitrogens with zero attached hydrogens (tertiary/aromatic N) is 2. The van der Waals surface area contributed by atoms with E-state index in [2.05, 4.69) is 10.1 Å². The molecule has 5 heteroatoms. The molecule has 5 nitrogen and oxygen atoms in total. The maximum atomic E-state index is 9.74. The van der Waals surface area contributed by atoms with Crippen LogP contribution in [0.15, 0.2) is 27.5 Å². The molecule has 1 saturated carbocycles. The van der Waals surface area contributed by atoms with E-state index in [1.807, 2.05) is 0 Å². The molecule has 0 spiro atoms. The summed E-state index contributed by atoms with van der Waals surface area (Å²) in [4.78, 5) is 4.21. The van der Waals surface area contributed by atoms with Gasteiger partial charge in [0, 0.05) is 0 Å². The predicted molar refractivity (Wildman–Crippen MR) is 54.4 cm³/mol. The standard InChI is InChI=1S/C11H12N2O3/c14-9(7-1-2-7)5-10-12-11(13-16-10)8-3-4-15-6-8/h3-4,6-7,9,14H,1-2,5H2. The largest absolute Gasteiger partial charge is 0.472 e. The topological polar surface area (TPSA) is 72.3 Å². The maximum absolute atomic E-state index is 9.74. The first-order chi connectivity index (χ1) is 7.83. The second kappa shape index (κ2) is 3.75. The van der Waals surface area contributed by atoms with Crippen LogP contribution in [0.25, 0.3) is 11.4 Å². The summed E-state index contributed by atoms with van der Waals surface area (Å²) in [6.07, 6.45) is 5.41. The van der Waals surface area contributed by atoms with E-state index in [9.17, 15) is 5.11 Å². The van der Waals surface area contributed by atoms with Crippen LogP contribution in [-0.4, -0.2) is 21.4 Å². The molecule has 1 fully saturated rings.